The molecule has 1 nitrogen and oxygen atoms in total. The van der Waals surface area contributed by atoms with Gasteiger partial charge in [-0.2, -0.15) is 0 Å². The van der Waals surface area contributed by atoms with Gasteiger partial charge in [0.15, 0.2) is 0 Å². The van der Waals surface area contributed by atoms with E-state index in [2.05, 4.69) is 0 Å². The molecule has 0 bridgehead atoms. The van der Waals surface area contributed by atoms with Crippen LogP contribution in [0.25, 0.3) is 88.0 Å². The lowest BCUT2D eigenvalue weighted by atomic mass is 9.85. The van der Waals surface area contributed by atoms with Gasteiger partial charge in [-0.05, 0) is 90.3 Å². The maximum absolute atomic E-state index is 9.28. The minimum Gasteiger partial charge on any atom is -0.456 e. The van der Waals surface area contributed by atoms with Crippen LogP contribution in [-0.2, 0) is 0 Å². The number of hydrogen-bond donors (Lipinski definition) is 0. The van der Waals surface area contributed by atoms with E-state index in [1.165, 1.54) is 0 Å². The topological polar surface area (TPSA) is 13.1 Å². The van der Waals surface area contributed by atoms with Gasteiger partial charge < -0.3 is 4.42 Å². The average molecular weight is 586 g/mol. The summed E-state index contributed by atoms with van der Waals surface area (Å²) < 4.78 is 121. The fraction of sp³-hybridized carbons (Fsp3) is 0. The minimum atomic E-state index is -0.715. The van der Waals surface area contributed by atoms with Gasteiger partial charge in [-0.15, -0.1) is 0 Å². The van der Waals surface area contributed by atoms with Gasteiger partial charge in [0.1, 0.15) is 11.2 Å². The van der Waals surface area contributed by atoms with Gasteiger partial charge >= 0.3 is 0 Å². The second-order valence-electron chi connectivity index (χ2n) is 10.7. The molecule has 8 aromatic carbocycles. The Labute approximate surface area is 279 Å². The summed E-state index contributed by atoms with van der Waals surface area (Å²) in [7, 11) is 0. The maximum atomic E-state index is 9.28. The third-order valence-corrected chi connectivity index (χ3v) is 8.19. The predicted molar refractivity (Wildman–Crippen MR) is 190 cm³/mol. The summed E-state index contributed by atoms with van der Waals surface area (Å²) in [6.07, 6.45) is 0. The second kappa shape index (κ2) is 10.4. The third kappa shape index (κ3) is 4.17. The van der Waals surface area contributed by atoms with Crippen LogP contribution in [-0.4, -0.2) is 0 Å². The molecule has 0 amide bonds. The van der Waals surface area contributed by atoms with E-state index in [0.717, 1.165) is 27.5 Å². The van der Waals surface area contributed by atoms with Crippen molar-refractivity contribution in [2.24, 2.45) is 0 Å². The van der Waals surface area contributed by atoms with Gasteiger partial charge in [0.2, 0.25) is 0 Å². The van der Waals surface area contributed by atoms with Crippen LogP contribution in [0.2, 0.25) is 0 Å². The van der Waals surface area contributed by atoms with E-state index in [4.69, 9.17) is 16.8 Å². The number of fused-ring (bicyclic) bond motifs is 5. The molecular weight excluding hydrogens is 544 g/mol. The molecule has 9 aromatic rings. The first-order valence-electron chi connectivity index (χ1n) is 20.9. The molecule has 9 rings (SSSR count). The Morgan fingerprint density at radius 3 is 1.69 bits per heavy atom. The SMILES string of the molecule is [2H]c1c([2H])c([2H])c(-c2c3c([2H])c([2H])c([2H])c([2H])c3c(-c3cccc(-c4cccc5oc6cc(-c7ccccc7)ccc6c45)c3)c3c([2H])c([2H])c([2H])c([2H])c23)c([2H])c1[2H]. The van der Waals surface area contributed by atoms with Crippen molar-refractivity contribution in [3.63, 3.8) is 0 Å². The van der Waals surface area contributed by atoms with Gasteiger partial charge in [-0.3, -0.25) is 0 Å². The molecule has 0 fully saturated rings. The van der Waals surface area contributed by atoms with Crippen molar-refractivity contribution in [2.45, 2.75) is 0 Å². The zero-order chi connectivity index (χ0) is 41.1. The molecule has 1 heteroatoms. The molecule has 0 unspecified atom stereocenters. The molecule has 0 N–H and O–H groups in total. The molecule has 0 aliphatic rings. The van der Waals surface area contributed by atoms with Gasteiger partial charge in [0, 0.05) is 10.8 Å². The second-order valence-corrected chi connectivity index (χ2v) is 10.7. The van der Waals surface area contributed by atoms with Gasteiger partial charge in [0.05, 0.1) is 17.8 Å². The van der Waals surface area contributed by atoms with Crippen molar-refractivity contribution in [1.29, 1.82) is 0 Å². The first kappa shape index (κ1) is 15.7. The minimum absolute atomic E-state index is 0.0682. The summed E-state index contributed by atoms with van der Waals surface area (Å²) in [5, 5.41) is 0.909. The number of benzene rings is 8. The van der Waals surface area contributed by atoms with Crippen molar-refractivity contribution in [3.8, 4) is 44.5 Å². The molecule has 1 heterocycles. The summed E-state index contributed by atoms with van der Waals surface area (Å²) in [4.78, 5) is 0. The highest BCUT2D eigenvalue weighted by Gasteiger charge is 2.18. The van der Waals surface area contributed by atoms with Crippen LogP contribution < -0.4 is 0 Å². The number of furan rings is 1. The van der Waals surface area contributed by atoms with E-state index in [-0.39, 0.29) is 32.7 Å². The van der Waals surface area contributed by atoms with E-state index < -0.39 is 84.1 Å². The van der Waals surface area contributed by atoms with E-state index in [9.17, 15) is 5.48 Å². The van der Waals surface area contributed by atoms with Crippen molar-refractivity contribution < 1.29 is 22.2 Å². The molecule has 0 aliphatic heterocycles. The fourth-order valence-corrected chi connectivity index (χ4v) is 6.26. The lowest BCUT2D eigenvalue weighted by Gasteiger charge is -2.18. The first-order valence-corrected chi connectivity index (χ1v) is 14.4. The highest BCUT2D eigenvalue weighted by molar-refractivity contribution is 6.21. The maximum Gasteiger partial charge on any atom is 0.136 e. The number of hydrogen-bond acceptors (Lipinski definition) is 1. The first-order chi connectivity index (χ1) is 27.7. The quantitative estimate of drug-likeness (QED) is 0.187. The Hall–Kier alpha value is -5.92. The Balaban J connectivity index is 1.42. The van der Waals surface area contributed by atoms with Crippen LogP contribution in [0.3, 0.4) is 0 Å². The molecule has 0 saturated carbocycles. The van der Waals surface area contributed by atoms with Crippen LogP contribution in [0, 0.1) is 0 Å². The zero-order valence-corrected chi connectivity index (χ0v) is 23.6. The van der Waals surface area contributed by atoms with Crippen molar-refractivity contribution >= 4 is 43.5 Å². The molecule has 0 aliphatic carbocycles. The van der Waals surface area contributed by atoms with Crippen LogP contribution in [0.4, 0.5) is 0 Å². The van der Waals surface area contributed by atoms with E-state index >= 15 is 0 Å². The molecule has 0 spiro atoms. The van der Waals surface area contributed by atoms with Gasteiger partial charge in [-0.1, -0.05) is 145 Å². The molecular formula is C44H28O. The Kier molecular flexibility index (Phi) is 3.62. The summed E-state index contributed by atoms with van der Waals surface area (Å²) >= 11 is 0. The molecule has 0 radical (unpaired) electrons. The molecule has 0 saturated heterocycles. The third-order valence-electron chi connectivity index (χ3n) is 8.19. The Morgan fingerprint density at radius 2 is 0.978 bits per heavy atom. The van der Waals surface area contributed by atoms with Crippen molar-refractivity contribution in [2.75, 3.05) is 0 Å². The smallest absolute Gasteiger partial charge is 0.136 e. The summed E-state index contributed by atoms with van der Waals surface area (Å²) in [6, 6.07) is 20.3. The lowest BCUT2D eigenvalue weighted by molar-refractivity contribution is 0.669. The van der Waals surface area contributed by atoms with Gasteiger partial charge in [-0.25, -0.2) is 0 Å². The standard InChI is InChI=1S/C44H28O/c1-3-13-29(14-4-1)31-25-26-39-41(28-31)45-40-24-12-23-34(44(39)40)32-17-11-18-33(27-32)43-37-21-9-7-19-35(37)42(30-15-5-2-6-16-30)36-20-8-10-22-38(36)43/h1-28H/i2D,5D,6D,7D,8D,9D,10D,15D,16D,19D,20D,21D,22D. The van der Waals surface area contributed by atoms with Crippen molar-refractivity contribution in [1.82, 2.24) is 0 Å². The zero-order valence-electron chi connectivity index (χ0n) is 36.6. The Morgan fingerprint density at radius 1 is 0.378 bits per heavy atom. The lowest BCUT2D eigenvalue weighted by Crippen LogP contribution is -1.91. The predicted octanol–water partition coefficient (Wildman–Crippen LogP) is 12.6. The number of rotatable bonds is 4. The fourth-order valence-electron chi connectivity index (χ4n) is 6.26. The molecule has 0 atom stereocenters. The Bertz CT molecular complexity index is 3150. The van der Waals surface area contributed by atoms with E-state index in [1.54, 1.807) is 18.2 Å². The summed E-state index contributed by atoms with van der Waals surface area (Å²) in [6.45, 7) is 0. The van der Waals surface area contributed by atoms with Crippen LogP contribution in [0.1, 0.15) is 17.8 Å². The van der Waals surface area contributed by atoms with Crippen LogP contribution in [0.15, 0.2) is 174 Å². The van der Waals surface area contributed by atoms with E-state index in [0.29, 0.717) is 22.3 Å². The normalized spacial score (nSPS) is 15.6. The highest BCUT2D eigenvalue weighted by atomic mass is 16.3. The van der Waals surface area contributed by atoms with Crippen molar-refractivity contribution in [3.05, 3.63) is 170 Å². The average Bonchev–Trinajstić information content (AvgIpc) is 3.62. The molecule has 1 aromatic heterocycles. The largest absolute Gasteiger partial charge is 0.456 e. The molecule has 210 valence electrons. The van der Waals surface area contributed by atoms with Crippen LogP contribution in [0.5, 0.6) is 0 Å². The summed E-state index contributed by atoms with van der Waals surface area (Å²) in [5.41, 5.74) is 4.42. The van der Waals surface area contributed by atoms with Gasteiger partial charge in [0.25, 0.3) is 0 Å². The monoisotopic (exact) mass is 585 g/mol. The van der Waals surface area contributed by atoms with E-state index in [1.807, 2.05) is 72.8 Å². The van der Waals surface area contributed by atoms with Crippen LogP contribution >= 0.6 is 0 Å². The molecule has 45 heavy (non-hydrogen) atoms. The summed E-state index contributed by atoms with van der Waals surface area (Å²) in [5.74, 6) is 0. The highest BCUT2D eigenvalue weighted by Crippen LogP contribution is 2.45.